The molecule has 0 aliphatic heterocycles. The van der Waals surface area contributed by atoms with Crippen molar-refractivity contribution in [2.24, 2.45) is 5.73 Å². The summed E-state index contributed by atoms with van der Waals surface area (Å²) in [5, 5.41) is 2.43. The molecule has 0 saturated carbocycles. The van der Waals surface area contributed by atoms with Crippen LogP contribution in [0.1, 0.15) is 17.2 Å². The number of hydrogen-bond donors (Lipinski definition) is 1. The Morgan fingerprint density at radius 3 is 2.38 bits per heavy atom. The second kappa shape index (κ2) is 6.30. The number of nitrogens with two attached hydrogens (primary N) is 1. The molecule has 0 heterocycles. The average molecular weight is 405 g/mol. The Bertz CT molecular complexity index is 783. The van der Waals surface area contributed by atoms with E-state index in [4.69, 9.17) is 5.73 Å². The number of halogens is 2. The quantitative estimate of drug-likeness (QED) is 0.603. The summed E-state index contributed by atoms with van der Waals surface area (Å²) >= 11 is 7.12. The first kappa shape index (κ1) is 14.8. The maximum atomic E-state index is 6.46. The molecular weight excluding hydrogens is 390 g/mol. The van der Waals surface area contributed by atoms with E-state index >= 15 is 0 Å². The Balaban J connectivity index is 1.98. The standard InChI is InChI=1S/C18H15Br2N/c19-13-5-3-4-12(10-13)11-18(21)16-8-9-17(20)15-7-2-1-6-14(15)16/h1-10,18H,11,21H2. The summed E-state index contributed by atoms with van der Waals surface area (Å²) in [6.45, 7) is 0. The zero-order valence-corrected chi connectivity index (χ0v) is 14.6. The van der Waals surface area contributed by atoms with Crippen LogP contribution in [0.15, 0.2) is 69.6 Å². The minimum atomic E-state index is -0.0164. The Morgan fingerprint density at radius 2 is 1.62 bits per heavy atom. The monoisotopic (exact) mass is 403 g/mol. The normalized spacial score (nSPS) is 12.5. The molecule has 1 atom stereocenters. The molecule has 0 aromatic heterocycles. The highest BCUT2D eigenvalue weighted by molar-refractivity contribution is 9.11. The lowest BCUT2D eigenvalue weighted by molar-refractivity contribution is 0.728. The molecule has 2 N–H and O–H groups in total. The fourth-order valence-electron chi connectivity index (χ4n) is 2.64. The predicted molar refractivity (Wildman–Crippen MR) is 96.4 cm³/mol. The Labute approximate surface area is 141 Å². The van der Waals surface area contributed by atoms with Gasteiger partial charge >= 0.3 is 0 Å². The molecule has 0 aliphatic carbocycles. The van der Waals surface area contributed by atoms with Crippen molar-refractivity contribution in [2.45, 2.75) is 12.5 Å². The maximum absolute atomic E-state index is 6.46. The SMILES string of the molecule is NC(Cc1cccc(Br)c1)c1ccc(Br)c2ccccc12. The molecule has 106 valence electrons. The van der Waals surface area contributed by atoms with Gasteiger partial charge in [-0.15, -0.1) is 0 Å². The van der Waals surface area contributed by atoms with E-state index < -0.39 is 0 Å². The highest BCUT2D eigenvalue weighted by atomic mass is 79.9. The fourth-order valence-corrected chi connectivity index (χ4v) is 3.56. The lowest BCUT2D eigenvalue weighted by Crippen LogP contribution is -2.13. The lowest BCUT2D eigenvalue weighted by atomic mass is 9.95. The summed E-state index contributed by atoms with van der Waals surface area (Å²) in [6.07, 6.45) is 0.824. The van der Waals surface area contributed by atoms with E-state index in [1.807, 2.05) is 12.1 Å². The highest BCUT2D eigenvalue weighted by Crippen LogP contribution is 2.30. The molecule has 1 nitrogen and oxygen atoms in total. The van der Waals surface area contributed by atoms with E-state index in [1.165, 1.54) is 21.9 Å². The van der Waals surface area contributed by atoms with Crippen molar-refractivity contribution in [1.29, 1.82) is 0 Å². The number of rotatable bonds is 3. The van der Waals surface area contributed by atoms with Gasteiger partial charge in [-0.1, -0.05) is 74.3 Å². The van der Waals surface area contributed by atoms with E-state index in [-0.39, 0.29) is 6.04 Å². The molecule has 3 rings (SSSR count). The van der Waals surface area contributed by atoms with Gasteiger partial charge in [-0.05, 0) is 46.5 Å². The van der Waals surface area contributed by atoms with E-state index in [0.717, 1.165) is 15.4 Å². The lowest BCUT2D eigenvalue weighted by Gasteiger charge is -2.16. The minimum absolute atomic E-state index is 0.0164. The molecule has 0 radical (unpaired) electrons. The first-order chi connectivity index (χ1) is 10.1. The van der Waals surface area contributed by atoms with Crippen LogP contribution >= 0.6 is 31.9 Å². The molecule has 3 aromatic rings. The Kier molecular flexibility index (Phi) is 4.43. The van der Waals surface area contributed by atoms with Gasteiger partial charge < -0.3 is 5.73 Å². The number of hydrogen-bond acceptors (Lipinski definition) is 1. The first-order valence-electron chi connectivity index (χ1n) is 6.82. The summed E-state index contributed by atoms with van der Waals surface area (Å²) in [5.41, 5.74) is 8.89. The third-order valence-electron chi connectivity index (χ3n) is 3.65. The van der Waals surface area contributed by atoms with Crippen LogP contribution in [0.5, 0.6) is 0 Å². The van der Waals surface area contributed by atoms with Gasteiger partial charge in [0.15, 0.2) is 0 Å². The van der Waals surface area contributed by atoms with Gasteiger partial charge in [0, 0.05) is 15.0 Å². The second-order valence-electron chi connectivity index (χ2n) is 5.12. The summed E-state index contributed by atoms with van der Waals surface area (Å²) in [4.78, 5) is 0. The topological polar surface area (TPSA) is 26.0 Å². The molecule has 0 saturated heterocycles. The van der Waals surface area contributed by atoms with Crippen LogP contribution in [0.2, 0.25) is 0 Å². The number of benzene rings is 3. The molecule has 0 aliphatic rings. The molecule has 3 aromatic carbocycles. The predicted octanol–water partition coefficient (Wildman–Crippen LogP) is 5.61. The van der Waals surface area contributed by atoms with E-state index in [2.05, 4.69) is 80.4 Å². The van der Waals surface area contributed by atoms with Crippen molar-refractivity contribution < 1.29 is 0 Å². The van der Waals surface area contributed by atoms with Crippen LogP contribution in [0, 0.1) is 0 Å². The van der Waals surface area contributed by atoms with Crippen molar-refractivity contribution in [3.63, 3.8) is 0 Å². The van der Waals surface area contributed by atoms with Gasteiger partial charge in [-0.2, -0.15) is 0 Å². The smallest absolute Gasteiger partial charge is 0.0341 e. The largest absolute Gasteiger partial charge is 0.324 e. The zero-order valence-electron chi connectivity index (χ0n) is 11.4. The van der Waals surface area contributed by atoms with Gasteiger partial charge in [-0.3, -0.25) is 0 Å². The van der Waals surface area contributed by atoms with Crippen molar-refractivity contribution in [1.82, 2.24) is 0 Å². The van der Waals surface area contributed by atoms with Gasteiger partial charge in [0.1, 0.15) is 0 Å². The van der Waals surface area contributed by atoms with Gasteiger partial charge in [0.2, 0.25) is 0 Å². The van der Waals surface area contributed by atoms with Gasteiger partial charge in [-0.25, -0.2) is 0 Å². The molecule has 3 heteroatoms. The van der Waals surface area contributed by atoms with Crippen LogP contribution in [-0.4, -0.2) is 0 Å². The van der Waals surface area contributed by atoms with E-state index in [9.17, 15) is 0 Å². The average Bonchev–Trinajstić information content (AvgIpc) is 2.48. The van der Waals surface area contributed by atoms with Crippen LogP contribution in [-0.2, 0) is 6.42 Å². The van der Waals surface area contributed by atoms with Crippen LogP contribution in [0.25, 0.3) is 10.8 Å². The number of fused-ring (bicyclic) bond motifs is 1. The van der Waals surface area contributed by atoms with Crippen molar-refractivity contribution in [3.8, 4) is 0 Å². The van der Waals surface area contributed by atoms with Gasteiger partial charge in [0.05, 0.1) is 0 Å². The molecule has 1 unspecified atom stereocenters. The molecule has 21 heavy (non-hydrogen) atoms. The first-order valence-corrected chi connectivity index (χ1v) is 8.41. The Morgan fingerprint density at radius 1 is 0.857 bits per heavy atom. The summed E-state index contributed by atoms with van der Waals surface area (Å²) < 4.78 is 2.20. The maximum Gasteiger partial charge on any atom is 0.0341 e. The second-order valence-corrected chi connectivity index (χ2v) is 6.89. The minimum Gasteiger partial charge on any atom is -0.324 e. The van der Waals surface area contributed by atoms with Crippen molar-refractivity contribution in [2.75, 3.05) is 0 Å². The molecule has 0 amide bonds. The highest BCUT2D eigenvalue weighted by Gasteiger charge is 2.12. The molecule has 0 bridgehead atoms. The third kappa shape index (κ3) is 3.20. The third-order valence-corrected chi connectivity index (χ3v) is 4.83. The molecule has 0 fully saturated rings. The van der Waals surface area contributed by atoms with Crippen molar-refractivity contribution in [3.05, 3.63) is 80.7 Å². The zero-order chi connectivity index (χ0) is 14.8. The van der Waals surface area contributed by atoms with E-state index in [0.29, 0.717) is 0 Å². The van der Waals surface area contributed by atoms with Crippen LogP contribution in [0.4, 0.5) is 0 Å². The molecular formula is C18H15Br2N. The van der Waals surface area contributed by atoms with Crippen LogP contribution < -0.4 is 5.73 Å². The van der Waals surface area contributed by atoms with Gasteiger partial charge in [0.25, 0.3) is 0 Å². The fraction of sp³-hybridized carbons (Fsp3) is 0.111. The summed E-state index contributed by atoms with van der Waals surface area (Å²) in [5.74, 6) is 0. The van der Waals surface area contributed by atoms with Crippen molar-refractivity contribution >= 4 is 42.6 Å². The Hall–Kier alpha value is -1.16. The summed E-state index contributed by atoms with van der Waals surface area (Å²) in [6, 6.07) is 20.9. The van der Waals surface area contributed by atoms with Crippen LogP contribution in [0.3, 0.4) is 0 Å². The molecule has 0 spiro atoms. The summed E-state index contributed by atoms with van der Waals surface area (Å²) in [7, 11) is 0. The van der Waals surface area contributed by atoms with E-state index in [1.54, 1.807) is 0 Å².